The van der Waals surface area contributed by atoms with Crippen molar-refractivity contribution in [3.8, 4) is 0 Å². The molecule has 2 aromatic rings. The van der Waals surface area contributed by atoms with Gasteiger partial charge in [-0.1, -0.05) is 41.9 Å². The Bertz CT molecular complexity index is 608. The maximum atomic E-state index is 6.17. The fourth-order valence-corrected chi connectivity index (χ4v) is 2.71. The van der Waals surface area contributed by atoms with Gasteiger partial charge in [-0.05, 0) is 49.1 Å². The number of benzene rings is 2. The van der Waals surface area contributed by atoms with Gasteiger partial charge in [0.15, 0.2) is 0 Å². The Morgan fingerprint density at radius 2 is 1.86 bits per heavy atom. The molecule has 0 saturated carbocycles. The molecule has 112 valence electrons. The lowest BCUT2D eigenvalue weighted by Crippen LogP contribution is -2.22. The third kappa shape index (κ3) is 4.23. The molecule has 2 rings (SSSR count). The first-order chi connectivity index (χ1) is 9.97. The number of nitrogens with zero attached hydrogens (tertiary/aromatic N) is 1. The summed E-state index contributed by atoms with van der Waals surface area (Å²) in [5.74, 6) is 0. The molecule has 2 nitrogen and oxygen atoms in total. The third-order valence-corrected chi connectivity index (χ3v) is 3.90. The molecule has 2 aromatic carbocycles. The standard InChI is InChI=1S/C18H23ClN2/c1-13-6-4-5-7-16(13)12-21(3)18-11-17(19)9-8-15(18)10-14(2)20/h4-9,11,14H,10,12,20H2,1-3H3. The van der Waals surface area contributed by atoms with Crippen molar-refractivity contribution in [2.24, 2.45) is 5.73 Å². The van der Waals surface area contributed by atoms with E-state index in [4.69, 9.17) is 17.3 Å². The molecule has 0 aliphatic rings. The van der Waals surface area contributed by atoms with Crippen LogP contribution < -0.4 is 10.6 Å². The number of aryl methyl sites for hydroxylation is 1. The molecule has 0 radical (unpaired) electrons. The molecule has 0 saturated heterocycles. The van der Waals surface area contributed by atoms with Crippen molar-refractivity contribution in [2.45, 2.75) is 32.9 Å². The average molecular weight is 303 g/mol. The molecule has 1 atom stereocenters. The largest absolute Gasteiger partial charge is 0.370 e. The summed E-state index contributed by atoms with van der Waals surface area (Å²) in [4.78, 5) is 2.24. The van der Waals surface area contributed by atoms with Gasteiger partial charge in [0.1, 0.15) is 0 Å². The second-order valence-corrected chi connectivity index (χ2v) is 6.17. The second-order valence-electron chi connectivity index (χ2n) is 5.74. The zero-order valence-electron chi connectivity index (χ0n) is 12.9. The van der Waals surface area contributed by atoms with Gasteiger partial charge in [-0.3, -0.25) is 0 Å². The summed E-state index contributed by atoms with van der Waals surface area (Å²) in [5, 5.41) is 0.759. The van der Waals surface area contributed by atoms with Crippen LogP contribution in [-0.2, 0) is 13.0 Å². The van der Waals surface area contributed by atoms with Gasteiger partial charge < -0.3 is 10.6 Å². The Kier molecular flexibility index (Phi) is 5.27. The summed E-state index contributed by atoms with van der Waals surface area (Å²) in [6, 6.07) is 14.6. The van der Waals surface area contributed by atoms with Crippen molar-refractivity contribution < 1.29 is 0 Å². The normalized spacial score (nSPS) is 12.2. The number of nitrogens with two attached hydrogens (primary N) is 1. The molecular weight excluding hydrogens is 280 g/mol. The lowest BCUT2D eigenvalue weighted by atomic mass is 10.0. The highest BCUT2D eigenvalue weighted by atomic mass is 35.5. The van der Waals surface area contributed by atoms with Gasteiger partial charge in [-0.15, -0.1) is 0 Å². The predicted octanol–water partition coefficient (Wildman–Crippen LogP) is 4.17. The molecule has 0 amide bonds. The summed E-state index contributed by atoms with van der Waals surface area (Å²) in [6.07, 6.45) is 0.852. The highest BCUT2D eigenvalue weighted by Gasteiger charge is 2.11. The van der Waals surface area contributed by atoms with Crippen LogP contribution in [0.2, 0.25) is 5.02 Å². The minimum atomic E-state index is 0.136. The van der Waals surface area contributed by atoms with E-state index in [-0.39, 0.29) is 6.04 Å². The van der Waals surface area contributed by atoms with Crippen LogP contribution in [0, 0.1) is 6.92 Å². The van der Waals surface area contributed by atoms with E-state index >= 15 is 0 Å². The Morgan fingerprint density at radius 3 is 2.52 bits per heavy atom. The third-order valence-electron chi connectivity index (χ3n) is 3.67. The molecule has 0 aliphatic carbocycles. The fourth-order valence-electron chi connectivity index (χ4n) is 2.54. The van der Waals surface area contributed by atoms with Gasteiger partial charge in [0.05, 0.1) is 0 Å². The molecule has 0 heterocycles. The predicted molar refractivity (Wildman–Crippen MR) is 92.1 cm³/mol. The number of rotatable bonds is 5. The maximum Gasteiger partial charge on any atom is 0.0428 e. The lowest BCUT2D eigenvalue weighted by Gasteiger charge is -2.24. The number of hydrogen-bond donors (Lipinski definition) is 1. The van der Waals surface area contributed by atoms with Crippen molar-refractivity contribution >= 4 is 17.3 Å². The van der Waals surface area contributed by atoms with Crippen LogP contribution in [0.4, 0.5) is 5.69 Å². The summed E-state index contributed by atoms with van der Waals surface area (Å²) >= 11 is 6.17. The van der Waals surface area contributed by atoms with Gasteiger partial charge in [0.25, 0.3) is 0 Å². The molecule has 2 N–H and O–H groups in total. The van der Waals surface area contributed by atoms with E-state index in [1.165, 1.54) is 16.7 Å². The van der Waals surface area contributed by atoms with Crippen molar-refractivity contribution in [3.05, 3.63) is 64.2 Å². The fraction of sp³-hybridized carbons (Fsp3) is 0.333. The van der Waals surface area contributed by atoms with E-state index in [1.807, 2.05) is 19.1 Å². The number of anilines is 1. The molecule has 0 fully saturated rings. The van der Waals surface area contributed by atoms with Crippen molar-refractivity contribution in [1.82, 2.24) is 0 Å². The van der Waals surface area contributed by atoms with Gasteiger partial charge in [-0.25, -0.2) is 0 Å². The quantitative estimate of drug-likeness (QED) is 0.898. The van der Waals surface area contributed by atoms with E-state index in [0.717, 1.165) is 23.7 Å². The molecule has 0 aliphatic heterocycles. The second kappa shape index (κ2) is 6.97. The average Bonchev–Trinajstić information content (AvgIpc) is 2.43. The number of halogens is 1. The molecule has 3 heteroatoms. The maximum absolute atomic E-state index is 6.17. The first-order valence-corrected chi connectivity index (χ1v) is 7.65. The number of hydrogen-bond acceptors (Lipinski definition) is 2. The minimum Gasteiger partial charge on any atom is -0.370 e. The highest BCUT2D eigenvalue weighted by Crippen LogP contribution is 2.26. The molecule has 1 unspecified atom stereocenters. The monoisotopic (exact) mass is 302 g/mol. The van der Waals surface area contributed by atoms with Crippen molar-refractivity contribution in [3.63, 3.8) is 0 Å². The summed E-state index contributed by atoms with van der Waals surface area (Å²) < 4.78 is 0. The van der Waals surface area contributed by atoms with E-state index < -0.39 is 0 Å². The topological polar surface area (TPSA) is 29.3 Å². The molecular formula is C18H23ClN2. The first-order valence-electron chi connectivity index (χ1n) is 7.27. The molecule has 0 spiro atoms. The van der Waals surface area contributed by atoms with Crippen LogP contribution in [-0.4, -0.2) is 13.1 Å². The van der Waals surface area contributed by atoms with E-state index in [1.54, 1.807) is 0 Å². The Balaban J connectivity index is 2.27. The van der Waals surface area contributed by atoms with Gasteiger partial charge >= 0.3 is 0 Å². The Hall–Kier alpha value is -1.51. The minimum absolute atomic E-state index is 0.136. The zero-order chi connectivity index (χ0) is 15.4. The van der Waals surface area contributed by atoms with E-state index in [0.29, 0.717) is 0 Å². The Morgan fingerprint density at radius 1 is 1.14 bits per heavy atom. The summed E-state index contributed by atoms with van der Waals surface area (Å²) in [6.45, 7) is 5.03. The molecule has 21 heavy (non-hydrogen) atoms. The van der Waals surface area contributed by atoms with Crippen LogP contribution in [0.3, 0.4) is 0 Å². The van der Waals surface area contributed by atoms with Gasteiger partial charge in [0.2, 0.25) is 0 Å². The molecule has 0 aromatic heterocycles. The highest BCUT2D eigenvalue weighted by molar-refractivity contribution is 6.30. The van der Waals surface area contributed by atoms with E-state index in [9.17, 15) is 0 Å². The summed E-state index contributed by atoms with van der Waals surface area (Å²) in [5.41, 5.74) is 11.0. The lowest BCUT2D eigenvalue weighted by molar-refractivity contribution is 0.734. The van der Waals surface area contributed by atoms with E-state index in [2.05, 4.69) is 49.2 Å². The smallest absolute Gasteiger partial charge is 0.0428 e. The zero-order valence-corrected chi connectivity index (χ0v) is 13.7. The molecule has 0 bridgehead atoms. The SMILES string of the molecule is Cc1ccccc1CN(C)c1cc(Cl)ccc1CC(C)N. The van der Waals surface area contributed by atoms with Gasteiger partial charge in [-0.2, -0.15) is 0 Å². The first kappa shape index (κ1) is 15.9. The van der Waals surface area contributed by atoms with Crippen molar-refractivity contribution in [2.75, 3.05) is 11.9 Å². The van der Waals surface area contributed by atoms with Crippen molar-refractivity contribution in [1.29, 1.82) is 0 Å². The summed E-state index contributed by atoms with van der Waals surface area (Å²) in [7, 11) is 2.10. The van der Waals surface area contributed by atoms with Crippen LogP contribution in [0.15, 0.2) is 42.5 Å². The van der Waals surface area contributed by atoms with Gasteiger partial charge in [0, 0.05) is 30.3 Å². The Labute approximate surface area is 132 Å². The van der Waals surface area contributed by atoms with Crippen LogP contribution in [0.25, 0.3) is 0 Å². The van der Waals surface area contributed by atoms with Crippen LogP contribution in [0.5, 0.6) is 0 Å². The van der Waals surface area contributed by atoms with Crippen LogP contribution in [0.1, 0.15) is 23.6 Å². The van der Waals surface area contributed by atoms with Crippen LogP contribution >= 0.6 is 11.6 Å².